The van der Waals surface area contributed by atoms with Gasteiger partial charge in [0, 0.05) is 24.5 Å². The van der Waals surface area contributed by atoms with Crippen LogP contribution in [0.15, 0.2) is 79.1 Å². The van der Waals surface area contributed by atoms with E-state index < -0.39 is 0 Å². The zero-order chi connectivity index (χ0) is 20.9. The molecule has 0 saturated heterocycles. The van der Waals surface area contributed by atoms with Crippen LogP contribution >= 0.6 is 0 Å². The number of nitrogens with one attached hydrogen (secondary N) is 1. The highest BCUT2D eigenvalue weighted by Crippen LogP contribution is 2.25. The highest BCUT2D eigenvalue weighted by Gasteiger charge is 2.18. The second-order valence-electron chi connectivity index (χ2n) is 6.94. The molecule has 0 unspecified atom stereocenters. The van der Waals surface area contributed by atoms with Crippen molar-refractivity contribution in [3.05, 3.63) is 95.9 Å². The Morgan fingerprint density at radius 3 is 2.63 bits per heavy atom. The van der Waals surface area contributed by atoms with Crippen LogP contribution in [0.5, 0.6) is 5.75 Å². The first-order valence-electron chi connectivity index (χ1n) is 9.62. The first-order valence-corrected chi connectivity index (χ1v) is 9.62. The molecule has 1 N–H and O–H groups in total. The lowest BCUT2D eigenvalue weighted by Gasteiger charge is -2.08. The van der Waals surface area contributed by atoms with Gasteiger partial charge in [0.25, 0.3) is 5.91 Å². The minimum absolute atomic E-state index is 0.207. The fourth-order valence-electron chi connectivity index (χ4n) is 3.12. The number of rotatable bonds is 6. The summed E-state index contributed by atoms with van der Waals surface area (Å²) in [6.45, 7) is 2.41. The molecule has 0 aliphatic rings. The number of nitrogens with zero attached hydrogens (tertiary/aromatic N) is 3. The van der Waals surface area contributed by atoms with Gasteiger partial charge in [-0.15, -0.1) is 0 Å². The fraction of sp³-hybridized carbons (Fsp3) is 0.125. The number of benzene rings is 2. The molecule has 0 atom stereocenters. The molecule has 0 aliphatic carbocycles. The summed E-state index contributed by atoms with van der Waals surface area (Å²) in [7, 11) is 1.63. The van der Waals surface area contributed by atoms with Gasteiger partial charge in [-0.2, -0.15) is 5.10 Å². The first kappa shape index (κ1) is 19.4. The van der Waals surface area contributed by atoms with Crippen LogP contribution < -0.4 is 10.1 Å². The van der Waals surface area contributed by atoms with Gasteiger partial charge in [-0.3, -0.25) is 9.78 Å². The van der Waals surface area contributed by atoms with Crippen LogP contribution in [0, 0.1) is 6.92 Å². The number of aromatic nitrogens is 3. The number of hydrogen-bond donors (Lipinski definition) is 1. The summed E-state index contributed by atoms with van der Waals surface area (Å²) in [5.41, 5.74) is 4.92. The van der Waals surface area contributed by atoms with E-state index in [0.29, 0.717) is 17.9 Å². The topological polar surface area (TPSA) is 69.0 Å². The Kier molecular flexibility index (Phi) is 5.57. The van der Waals surface area contributed by atoms with E-state index in [9.17, 15) is 4.79 Å². The van der Waals surface area contributed by atoms with Gasteiger partial charge < -0.3 is 10.1 Å². The van der Waals surface area contributed by atoms with Gasteiger partial charge >= 0.3 is 0 Å². The highest BCUT2D eigenvalue weighted by molar-refractivity contribution is 5.94. The lowest BCUT2D eigenvalue weighted by molar-refractivity contribution is 0.0943. The highest BCUT2D eigenvalue weighted by atomic mass is 16.5. The van der Waals surface area contributed by atoms with Gasteiger partial charge in [-0.05, 0) is 48.9 Å². The molecule has 4 rings (SSSR count). The normalized spacial score (nSPS) is 10.6. The predicted molar refractivity (Wildman–Crippen MR) is 116 cm³/mol. The monoisotopic (exact) mass is 398 g/mol. The number of pyridine rings is 1. The van der Waals surface area contributed by atoms with Gasteiger partial charge in [-0.1, -0.05) is 35.9 Å². The molecule has 4 aromatic rings. The Bertz CT molecular complexity index is 1150. The van der Waals surface area contributed by atoms with Crippen LogP contribution in [-0.4, -0.2) is 27.8 Å². The van der Waals surface area contributed by atoms with Crippen LogP contribution in [0.1, 0.15) is 21.6 Å². The maximum Gasteiger partial charge on any atom is 0.270 e. The minimum Gasteiger partial charge on any atom is -0.497 e. The summed E-state index contributed by atoms with van der Waals surface area (Å²) < 4.78 is 7.00. The average Bonchev–Trinajstić information content (AvgIpc) is 3.24. The molecule has 150 valence electrons. The average molecular weight is 398 g/mol. The molecule has 0 spiro atoms. The standard InChI is InChI=1S/C24H22N4O2/c1-17-8-10-20(11-9-17)28-23(24(29)26-16-18-5-4-12-25-15-18)14-22(27-28)19-6-3-7-21(13-19)30-2/h3-15H,16H2,1-2H3,(H,26,29). The summed E-state index contributed by atoms with van der Waals surface area (Å²) in [6.07, 6.45) is 3.44. The Labute approximate surface area is 175 Å². The third kappa shape index (κ3) is 4.22. The summed E-state index contributed by atoms with van der Waals surface area (Å²) >= 11 is 0. The van der Waals surface area contributed by atoms with Crippen molar-refractivity contribution in [1.82, 2.24) is 20.1 Å². The van der Waals surface area contributed by atoms with E-state index in [1.807, 2.05) is 67.6 Å². The Morgan fingerprint density at radius 2 is 1.90 bits per heavy atom. The van der Waals surface area contributed by atoms with Crippen molar-refractivity contribution in [2.45, 2.75) is 13.5 Å². The van der Waals surface area contributed by atoms with Crippen molar-refractivity contribution in [2.24, 2.45) is 0 Å². The van der Waals surface area contributed by atoms with Gasteiger partial charge in [0.2, 0.25) is 0 Å². The van der Waals surface area contributed by atoms with E-state index >= 15 is 0 Å². The van der Waals surface area contributed by atoms with Crippen molar-refractivity contribution in [1.29, 1.82) is 0 Å². The molecule has 0 radical (unpaired) electrons. The van der Waals surface area contributed by atoms with E-state index in [0.717, 1.165) is 28.1 Å². The van der Waals surface area contributed by atoms with Crippen LogP contribution in [0.4, 0.5) is 0 Å². The number of amides is 1. The fourth-order valence-corrected chi connectivity index (χ4v) is 3.12. The van der Waals surface area contributed by atoms with Crippen molar-refractivity contribution in [3.63, 3.8) is 0 Å². The van der Waals surface area contributed by atoms with Crippen LogP contribution in [0.3, 0.4) is 0 Å². The number of methoxy groups -OCH3 is 1. The Balaban J connectivity index is 1.70. The molecule has 2 heterocycles. The smallest absolute Gasteiger partial charge is 0.270 e. The van der Waals surface area contributed by atoms with E-state index in [4.69, 9.17) is 9.84 Å². The van der Waals surface area contributed by atoms with E-state index in [2.05, 4.69) is 10.3 Å². The lowest BCUT2D eigenvalue weighted by atomic mass is 10.1. The molecule has 0 fully saturated rings. The van der Waals surface area contributed by atoms with Gasteiger partial charge in [0.1, 0.15) is 11.4 Å². The SMILES string of the molecule is COc1cccc(-c2cc(C(=O)NCc3cccnc3)n(-c3ccc(C)cc3)n2)c1. The number of carbonyl (C=O) groups is 1. The first-order chi connectivity index (χ1) is 14.6. The number of ether oxygens (including phenoxy) is 1. The summed E-state index contributed by atoms with van der Waals surface area (Å²) in [5, 5.41) is 7.68. The zero-order valence-electron chi connectivity index (χ0n) is 16.9. The van der Waals surface area contributed by atoms with E-state index in [1.54, 1.807) is 30.3 Å². The van der Waals surface area contributed by atoms with E-state index in [1.165, 1.54) is 0 Å². The van der Waals surface area contributed by atoms with Gasteiger partial charge in [0.15, 0.2) is 0 Å². The lowest BCUT2D eigenvalue weighted by Crippen LogP contribution is -2.25. The van der Waals surface area contributed by atoms with Crippen molar-refractivity contribution in [3.8, 4) is 22.7 Å². The molecule has 6 nitrogen and oxygen atoms in total. The molecule has 0 bridgehead atoms. The molecule has 0 aliphatic heterocycles. The molecule has 30 heavy (non-hydrogen) atoms. The quantitative estimate of drug-likeness (QED) is 0.529. The Morgan fingerprint density at radius 1 is 1.07 bits per heavy atom. The van der Waals surface area contributed by atoms with E-state index in [-0.39, 0.29) is 5.91 Å². The maximum absolute atomic E-state index is 13.0. The molecule has 2 aromatic carbocycles. The maximum atomic E-state index is 13.0. The third-order valence-corrected chi connectivity index (χ3v) is 4.76. The number of hydrogen-bond acceptors (Lipinski definition) is 4. The molecule has 6 heteroatoms. The summed E-state index contributed by atoms with van der Waals surface area (Å²) in [5.74, 6) is 0.529. The predicted octanol–water partition coefficient (Wildman–Crippen LogP) is 4.18. The molecule has 0 saturated carbocycles. The van der Waals surface area contributed by atoms with Crippen LogP contribution in [0.25, 0.3) is 16.9 Å². The molecular weight excluding hydrogens is 376 g/mol. The van der Waals surface area contributed by atoms with Crippen molar-refractivity contribution < 1.29 is 9.53 Å². The second-order valence-corrected chi connectivity index (χ2v) is 6.94. The second kappa shape index (κ2) is 8.61. The van der Waals surface area contributed by atoms with Crippen LogP contribution in [-0.2, 0) is 6.54 Å². The number of aryl methyl sites for hydroxylation is 1. The minimum atomic E-state index is -0.207. The van der Waals surface area contributed by atoms with Gasteiger partial charge in [-0.25, -0.2) is 4.68 Å². The largest absolute Gasteiger partial charge is 0.497 e. The Hall–Kier alpha value is -3.93. The zero-order valence-corrected chi connectivity index (χ0v) is 16.9. The molecule has 2 aromatic heterocycles. The summed E-state index contributed by atoms with van der Waals surface area (Å²) in [6, 6.07) is 21.1. The van der Waals surface area contributed by atoms with Crippen molar-refractivity contribution in [2.75, 3.05) is 7.11 Å². The number of carbonyl (C=O) groups excluding carboxylic acids is 1. The third-order valence-electron chi connectivity index (χ3n) is 4.76. The van der Waals surface area contributed by atoms with Gasteiger partial charge in [0.05, 0.1) is 18.5 Å². The summed E-state index contributed by atoms with van der Waals surface area (Å²) in [4.78, 5) is 17.1. The molecular formula is C24H22N4O2. The van der Waals surface area contributed by atoms with Crippen molar-refractivity contribution >= 4 is 5.91 Å². The molecule has 1 amide bonds. The van der Waals surface area contributed by atoms with Crippen LogP contribution in [0.2, 0.25) is 0 Å².